The van der Waals surface area contributed by atoms with Crippen LogP contribution in [0, 0.1) is 5.92 Å². The van der Waals surface area contributed by atoms with E-state index in [1.165, 1.54) is 37.1 Å². The molecule has 0 bridgehead atoms. The molecule has 0 amide bonds. The van der Waals surface area contributed by atoms with Gasteiger partial charge < -0.3 is 4.90 Å². The molecule has 20 heavy (non-hydrogen) atoms. The van der Waals surface area contributed by atoms with Crippen LogP contribution in [0.15, 0.2) is 54.6 Å². The normalized spacial score (nSPS) is 24.3. The third-order valence-electron chi connectivity index (χ3n) is 5.01. The quantitative estimate of drug-likeness (QED) is 0.766. The Morgan fingerprint density at radius 2 is 1.70 bits per heavy atom. The van der Waals surface area contributed by atoms with Crippen molar-refractivity contribution in [3.05, 3.63) is 65.7 Å². The summed E-state index contributed by atoms with van der Waals surface area (Å²) in [5.74, 6) is 1.69. The minimum Gasteiger partial charge on any atom is -0.367 e. The molecule has 1 aliphatic carbocycles. The molecule has 1 fully saturated rings. The van der Waals surface area contributed by atoms with Gasteiger partial charge in [-0.1, -0.05) is 55.0 Å². The van der Waals surface area contributed by atoms with Crippen LogP contribution in [0.2, 0.25) is 0 Å². The van der Waals surface area contributed by atoms with E-state index in [0.29, 0.717) is 0 Å². The first-order chi connectivity index (χ1) is 9.92. The first kappa shape index (κ1) is 12.0. The van der Waals surface area contributed by atoms with Crippen LogP contribution in [0.4, 0.5) is 5.69 Å². The number of hydrogen-bond donors (Lipinski definition) is 0. The molecule has 1 heterocycles. The molecule has 1 aliphatic heterocycles. The molecule has 1 heteroatoms. The maximum absolute atomic E-state index is 2.59. The molecule has 1 saturated carbocycles. The van der Waals surface area contributed by atoms with E-state index >= 15 is 0 Å². The molecule has 4 rings (SSSR count). The van der Waals surface area contributed by atoms with Gasteiger partial charge in [0, 0.05) is 18.8 Å². The Morgan fingerprint density at radius 3 is 2.60 bits per heavy atom. The lowest BCUT2D eigenvalue weighted by molar-refractivity contribution is 0.452. The SMILES string of the molecule is c1ccc(CN2C[C@H]3CCC[C@H]3c3ccccc32)cc1. The van der Waals surface area contributed by atoms with E-state index in [2.05, 4.69) is 59.5 Å². The molecule has 102 valence electrons. The van der Waals surface area contributed by atoms with E-state index in [9.17, 15) is 0 Å². The number of anilines is 1. The Hall–Kier alpha value is -1.76. The van der Waals surface area contributed by atoms with Gasteiger partial charge >= 0.3 is 0 Å². The van der Waals surface area contributed by atoms with Crippen LogP contribution in [-0.4, -0.2) is 6.54 Å². The van der Waals surface area contributed by atoms with Crippen LogP contribution in [0.25, 0.3) is 0 Å². The first-order valence-corrected chi connectivity index (χ1v) is 7.79. The van der Waals surface area contributed by atoms with Crippen LogP contribution in [0.3, 0.4) is 0 Å². The fourth-order valence-electron chi connectivity index (χ4n) is 4.09. The standard InChI is InChI=1S/C19H21N/c1-2-7-15(8-3-1)13-20-14-16-9-6-11-17(16)18-10-4-5-12-19(18)20/h1-5,7-8,10,12,16-17H,6,9,11,13-14H2/t16-,17-/m1/s1. The summed E-state index contributed by atoms with van der Waals surface area (Å²) in [5.41, 5.74) is 4.48. The maximum Gasteiger partial charge on any atom is 0.0429 e. The van der Waals surface area contributed by atoms with E-state index in [1.807, 2.05) is 0 Å². The zero-order valence-corrected chi connectivity index (χ0v) is 11.8. The fraction of sp³-hybridized carbons (Fsp3) is 0.368. The zero-order chi connectivity index (χ0) is 13.4. The van der Waals surface area contributed by atoms with Crippen molar-refractivity contribution in [3.8, 4) is 0 Å². The van der Waals surface area contributed by atoms with Crippen molar-refractivity contribution in [3.63, 3.8) is 0 Å². The monoisotopic (exact) mass is 263 g/mol. The average molecular weight is 263 g/mol. The van der Waals surface area contributed by atoms with E-state index < -0.39 is 0 Å². The summed E-state index contributed by atoms with van der Waals surface area (Å²) < 4.78 is 0. The minimum absolute atomic E-state index is 0.818. The molecule has 0 radical (unpaired) electrons. The third-order valence-corrected chi connectivity index (χ3v) is 5.01. The second-order valence-electron chi connectivity index (χ2n) is 6.22. The molecule has 1 nitrogen and oxygen atoms in total. The first-order valence-electron chi connectivity index (χ1n) is 7.79. The smallest absolute Gasteiger partial charge is 0.0429 e. The lowest BCUT2D eigenvalue weighted by Crippen LogP contribution is -2.35. The number of nitrogens with zero attached hydrogens (tertiary/aromatic N) is 1. The molecule has 2 aromatic carbocycles. The highest BCUT2D eigenvalue weighted by molar-refractivity contribution is 5.58. The predicted octanol–water partition coefficient (Wildman–Crippen LogP) is 4.59. The van der Waals surface area contributed by atoms with Crippen molar-refractivity contribution in [2.45, 2.75) is 31.7 Å². The molecule has 2 atom stereocenters. The molecule has 2 aliphatic rings. The second-order valence-corrected chi connectivity index (χ2v) is 6.22. The number of hydrogen-bond acceptors (Lipinski definition) is 1. The zero-order valence-electron chi connectivity index (χ0n) is 11.8. The molecular weight excluding hydrogens is 242 g/mol. The van der Waals surface area contributed by atoms with Crippen molar-refractivity contribution in [1.29, 1.82) is 0 Å². The molecule has 2 aromatic rings. The van der Waals surface area contributed by atoms with Gasteiger partial charge in [-0.2, -0.15) is 0 Å². The van der Waals surface area contributed by atoms with Crippen LogP contribution in [0.1, 0.15) is 36.3 Å². The number of fused-ring (bicyclic) bond motifs is 3. The summed E-state index contributed by atoms with van der Waals surface area (Å²) in [7, 11) is 0. The van der Waals surface area contributed by atoms with Crippen LogP contribution >= 0.6 is 0 Å². The Bertz CT molecular complexity index is 590. The second kappa shape index (κ2) is 4.97. The van der Waals surface area contributed by atoms with E-state index in [0.717, 1.165) is 18.4 Å². The highest BCUT2D eigenvalue weighted by atomic mass is 15.1. The predicted molar refractivity (Wildman–Crippen MR) is 84.0 cm³/mol. The fourth-order valence-corrected chi connectivity index (χ4v) is 4.09. The molecule has 0 spiro atoms. The molecule has 0 unspecified atom stereocenters. The van der Waals surface area contributed by atoms with Crippen molar-refractivity contribution < 1.29 is 0 Å². The highest BCUT2D eigenvalue weighted by Crippen LogP contribution is 2.47. The van der Waals surface area contributed by atoms with E-state index in [1.54, 1.807) is 5.56 Å². The van der Waals surface area contributed by atoms with E-state index in [4.69, 9.17) is 0 Å². The molecule has 0 aromatic heterocycles. The maximum atomic E-state index is 2.59. The van der Waals surface area contributed by atoms with Gasteiger partial charge in [0.05, 0.1) is 0 Å². The topological polar surface area (TPSA) is 3.24 Å². The van der Waals surface area contributed by atoms with Crippen molar-refractivity contribution >= 4 is 5.69 Å². The lowest BCUT2D eigenvalue weighted by atomic mass is 9.83. The molecular formula is C19H21N. The minimum atomic E-state index is 0.818. The average Bonchev–Trinajstić information content (AvgIpc) is 2.97. The van der Waals surface area contributed by atoms with Gasteiger partial charge in [-0.25, -0.2) is 0 Å². The van der Waals surface area contributed by atoms with Gasteiger partial charge in [-0.15, -0.1) is 0 Å². The van der Waals surface area contributed by atoms with Gasteiger partial charge in [-0.3, -0.25) is 0 Å². The van der Waals surface area contributed by atoms with Crippen LogP contribution in [-0.2, 0) is 6.54 Å². The Kier molecular flexibility index (Phi) is 2.99. The summed E-state index contributed by atoms with van der Waals surface area (Å²) in [5, 5.41) is 0. The van der Waals surface area contributed by atoms with E-state index in [-0.39, 0.29) is 0 Å². The Morgan fingerprint density at radius 1 is 0.900 bits per heavy atom. The summed E-state index contributed by atoms with van der Waals surface area (Å²) in [4.78, 5) is 2.59. The molecule has 0 saturated heterocycles. The Balaban J connectivity index is 1.68. The lowest BCUT2D eigenvalue weighted by Gasteiger charge is -2.38. The molecule has 0 N–H and O–H groups in total. The van der Waals surface area contributed by atoms with Crippen molar-refractivity contribution in [2.75, 3.05) is 11.4 Å². The van der Waals surface area contributed by atoms with Crippen LogP contribution < -0.4 is 4.90 Å². The summed E-state index contributed by atoms with van der Waals surface area (Å²) in [6, 6.07) is 19.9. The van der Waals surface area contributed by atoms with Crippen molar-refractivity contribution in [1.82, 2.24) is 0 Å². The van der Waals surface area contributed by atoms with Gasteiger partial charge in [0.1, 0.15) is 0 Å². The summed E-state index contributed by atoms with van der Waals surface area (Å²) in [6.07, 6.45) is 4.20. The van der Waals surface area contributed by atoms with Gasteiger partial charge in [-0.05, 0) is 41.9 Å². The summed E-state index contributed by atoms with van der Waals surface area (Å²) in [6.45, 7) is 2.28. The van der Waals surface area contributed by atoms with Crippen LogP contribution in [0.5, 0.6) is 0 Å². The number of benzene rings is 2. The highest BCUT2D eigenvalue weighted by Gasteiger charge is 2.36. The number of para-hydroxylation sites is 1. The Labute approximate surface area is 121 Å². The van der Waals surface area contributed by atoms with Crippen molar-refractivity contribution in [2.24, 2.45) is 5.92 Å². The third kappa shape index (κ3) is 2.02. The van der Waals surface area contributed by atoms with Gasteiger partial charge in [0.15, 0.2) is 0 Å². The summed E-state index contributed by atoms with van der Waals surface area (Å²) >= 11 is 0. The van der Waals surface area contributed by atoms with Gasteiger partial charge in [0.2, 0.25) is 0 Å². The largest absolute Gasteiger partial charge is 0.367 e. The number of rotatable bonds is 2. The van der Waals surface area contributed by atoms with Gasteiger partial charge in [0.25, 0.3) is 0 Å².